The largest absolute Gasteiger partial charge is 0.467 e. The van der Waals surface area contributed by atoms with E-state index in [4.69, 9.17) is 16.0 Å². The molecular formula is C18H15ClN2O2. The molecule has 2 aromatic heterocycles. The number of nitrogens with one attached hydrogen (secondary N) is 1. The molecule has 0 bridgehead atoms. The number of carbonyl (C=O) groups is 1. The Morgan fingerprint density at radius 3 is 3.04 bits per heavy atom. The van der Waals surface area contributed by atoms with Gasteiger partial charge in [-0.05, 0) is 49.1 Å². The Kier molecular flexibility index (Phi) is 3.54. The Morgan fingerprint density at radius 1 is 1.30 bits per heavy atom. The Bertz CT molecular complexity index is 888. The van der Waals surface area contributed by atoms with Gasteiger partial charge in [0.05, 0.1) is 23.3 Å². The molecule has 3 aromatic rings. The maximum Gasteiger partial charge on any atom is 0.251 e. The van der Waals surface area contributed by atoms with Gasteiger partial charge < -0.3 is 9.73 Å². The smallest absolute Gasteiger partial charge is 0.251 e. The molecular weight excluding hydrogens is 312 g/mol. The lowest BCUT2D eigenvalue weighted by Crippen LogP contribution is -2.22. The number of aryl methyl sites for hydroxylation is 1. The molecule has 116 valence electrons. The summed E-state index contributed by atoms with van der Waals surface area (Å²) in [4.78, 5) is 17.0. The standard InChI is InChI=1S/C18H15ClN2O2/c19-17-13-4-1-5-15(13)21-16-9-11(6-7-14(16)17)18(22)20-10-12-3-2-8-23-12/h2-3,6-9H,1,4-5,10H2,(H,20,22). The van der Waals surface area contributed by atoms with Crippen LogP contribution in [0.3, 0.4) is 0 Å². The minimum atomic E-state index is -0.151. The SMILES string of the molecule is O=C(NCc1ccco1)c1ccc2c(Cl)c3c(nc2c1)CCC3. The number of nitrogens with zero attached hydrogens (tertiary/aromatic N) is 1. The highest BCUT2D eigenvalue weighted by atomic mass is 35.5. The minimum Gasteiger partial charge on any atom is -0.467 e. The molecule has 0 saturated carbocycles. The number of halogens is 1. The van der Waals surface area contributed by atoms with Crippen molar-refractivity contribution in [1.29, 1.82) is 0 Å². The summed E-state index contributed by atoms with van der Waals surface area (Å²) in [5.41, 5.74) is 3.58. The van der Waals surface area contributed by atoms with Gasteiger partial charge in [0.15, 0.2) is 0 Å². The number of benzene rings is 1. The predicted octanol–water partition coefficient (Wildman–Crippen LogP) is 3.90. The van der Waals surface area contributed by atoms with E-state index in [0.717, 1.165) is 52.2 Å². The van der Waals surface area contributed by atoms with E-state index in [2.05, 4.69) is 10.3 Å². The molecule has 5 heteroatoms. The van der Waals surface area contributed by atoms with Crippen molar-refractivity contribution in [2.45, 2.75) is 25.8 Å². The molecule has 0 atom stereocenters. The number of hydrogen-bond donors (Lipinski definition) is 1. The van der Waals surface area contributed by atoms with Crippen molar-refractivity contribution in [2.24, 2.45) is 0 Å². The van der Waals surface area contributed by atoms with E-state index in [-0.39, 0.29) is 5.91 Å². The zero-order valence-electron chi connectivity index (χ0n) is 12.4. The van der Waals surface area contributed by atoms with Gasteiger partial charge in [-0.2, -0.15) is 0 Å². The van der Waals surface area contributed by atoms with Crippen molar-refractivity contribution in [3.8, 4) is 0 Å². The number of furan rings is 1. The van der Waals surface area contributed by atoms with Gasteiger partial charge >= 0.3 is 0 Å². The first-order chi connectivity index (χ1) is 11.2. The van der Waals surface area contributed by atoms with Gasteiger partial charge in [-0.3, -0.25) is 9.78 Å². The number of pyridine rings is 1. The molecule has 1 aromatic carbocycles. The average Bonchev–Trinajstić information content (AvgIpc) is 3.23. The van der Waals surface area contributed by atoms with Gasteiger partial charge in [-0.25, -0.2) is 0 Å². The maximum atomic E-state index is 12.3. The van der Waals surface area contributed by atoms with Crippen LogP contribution in [0.5, 0.6) is 0 Å². The number of carbonyl (C=O) groups excluding carboxylic acids is 1. The summed E-state index contributed by atoms with van der Waals surface area (Å²) in [6.45, 7) is 0.363. The number of rotatable bonds is 3. The topological polar surface area (TPSA) is 55.1 Å². The fourth-order valence-electron chi connectivity index (χ4n) is 3.03. The molecule has 1 amide bonds. The van der Waals surface area contributed by atoms with Crippen LogP contribution in [-0.2, 0) is 19.4 Å². The van der Waals surface area contributed by atoms with Gasteiger partial charge in [-0.1, -0.05) is 17.7 Å². The molecule has 4 nitrogen and oxygen atoms in total. The molecule has 1 aliphatic rings. The highest BCUT2D eigenvalue weighted by molar-refractivity contribution is 6.36. The number of hydrogen-bond acceptors (Lipinski definition) is 3. The summed E-state index contributed by atoms with van der Waals surface area (Å²) in [7, 11) is 0. The van der Waals surface area contributed by atoms with Crippen molar-refractivity contribution in [1.82, 2.24) is 10.3 Å². The predicted molar refractivity (Wildman–Crippen MR) is 88.7 cm³/mol. The number of amides is 1. The van der Waals surface area contributed by atoms with Gasteiger partial charge in [0.2, 0.25) is 0 Å². The normalized spacial score (nSPS) is 13.3. The summed E-state index contributed by atoms with van der Waals surface area (Å²) >= 11 is 6.49. The Labute approximate surface area is 138 Å². The molecule has 0 fully saturated rings. The fourth-order valence-corrected chi connectivity index (χ4v) is 3.39. The van der Waals surface area contributed by atoms with Crippen molar-refractivity contribution in [3.05, 3.63) is 64.2 Å². The summed E-state index contributed by atoms with van der Waals surface area (Å²) < 4.78 is 5.21. The maximum absolute atomic E-state index is 12.3. The zero-order valence-corrected chi connectivity index (χ0v) is 13.2. The van der Waals surface area contributed by atoms with E-state index < -0.39 is 0 Å². The summed E-state index contributed by atoms with van der Waals surface area (Å²) in [6, 6.07) is 9.09. The second-order valence-corrected chi connectivity index (χ2v) is 6.08. The summed E-state index contributed by atoms with van der Waals surface area (Å²) in [5.74, 6) is 0.569. The molecule has 0 aliphatic heterocycles. The van der Waals surface area contributed by atoms with Gasteiger partial charge in [0.1, 0.15) is 5.76 Å². The van der Waals surface area contributed by atoms with Crippen LogP contribution in [0.15, 0.2) is 41.0 Å². The van der Waals surface area contributed by atoms with Gasteiger partial charge in [0, 0.05) is 16.6 Å². The molecule has 0 radical (unpaired) electrons. The third-order valence-electron chi connectivity index (χ3n) is 4.21. The first kappa shape index (κ1) is 14.3. The van der Waals surface area contributed by atoms with Crippen LogP contribution in [0.4, 0.5) is 0 Å². The first-order valence-electron chi connectivity index (χ1n) is 7.64. The molecule has 1 aliphatic carbocycles. The molecule has 4 rings (SSSR count). The third kappa shape index (κ3) is 2.59. The van der Waals surface area contributed by atoms with E-state index in [1.54, 1.807) is 24.5 Å². The van der Waals surface area contributed by atoms with Crippen LogP contribution in [0.2, 0.25) is 5.02 Å². The van der Waals surface area contributed by atoms with Crippen LogP contribution in [0, 0.1) is 0 Å². The number of fused-ring (bicyclic) bond motifs is 2. The minimum absolute atomic E-state index is 0.151. The van der Waals surface area contributed by atoms with Gasteiger partial charge in [-0.15, -0.1) is 0 Å². The number of aromatic nitrogens is 1. The van der Waals surface area contributed by atoms with Crippen molar-refractivity contribution in [2.75, 3.05) is 0 Å². The monoisotopic (exact) mass is 326 g/mol. The van der Waals surface area contributed by atoms with E-state index >= 15 is 0 Å². The van der Waals surface area contributed by atoms with Crippen LogP contribution < -0.4 is 5.32 Å². The van der Waals surface area contributed by atoms with Crippen LogP contribution >= 0.6 is 11.6 Å². The molecule has 23 heavy (non-hydrogen) atoms. The van der Waals surface area contributed by atoms with E-state index in [9.17, 15) is 4.79 Å². The second kappa shape index (κ2) is 5.70. The van der Waals surface area contributed by atoms with Crippen molar-refractivity contribution in [3.63, 3.8) is 0 Å². The molecule has 0 saturated heterocycles. The van der Waals surface area contributed by atoms with E-state index in [1.807, 2.05) is 12.1 Å². The second-order valence-electron chi connectivity index (χ2n) is 5.70. The molecule has 2 heterocycles. The lowest BCUT2D eigenvalue weighted by Gasteiger charge is -2.09. The fraction of sp³-hybridized carbons (Fsp3) is 0.222. The molecule has 0 spiro atoms. The quantitative estimate of drug-likeness (QED) is 0.794. The van der Waals surface area contributed by atoms with Crippen LogP contribution in [0.25, 0.3) is 10.9 Å². The van der Waals surface area contributed by atoms with Gasteiger partial charge in [0.25, 0.3) is 5.91 Å². The third-order valence-corrected chi connectivity index (χ3v) is 4.64. The summed E-state index contributed by atoms with van der Waals surface area (Å²) in [6.07, 6.45) is 4.63. The first-order valence-corrected chi connectivity index (χ1v) is 8.02. The summed E-state index contributed by atoms with van der Waals surface area (Å²) in [5, 5.41) is 4.53. The van der Waals surface area contributed by atoms with Crippen molar-refractivity contribution < 1.29 is 9.21 Å². The average molecular weight is 327 g/mol. The van der Waals surface area contributed by atoms with E-state index in [0.29, 0.717) is 12.1 Å². The van der Waals surface area contributed by atoms with E-state index in [1.165, 1.54) is 0 Å². The van der Waals surface area contributed by atoms with Crippen molar-refractivity contribution >= 4 is 28.4 Å². The molecule has 0 unspecified atom stereocenters. The highest BCUT2D eigenvalue weighted by Crippen LogP contribution is 2.33. The van der Waals surface area contributed by atoms with Crippen LogP contribution in [0.1, 0.15) is 33.8 Å². The lowest BCUT2D eigenvalue weighted by atomic mass is 10.1. The lowest BCUT2D eigenvalue weighted by molar-refractivity contribution is 0.0948. The van der Waals surface area contributed by atoms with Crippen LogP contribution in [-0.4, -0.2) is 10.9 Å². The Hall–Kier alpha value is -2.33. The highest BCUT2D eigenvalue weighted by Gasteiger charge is 2.19. The molecule has 1 N–H and O–H groups in total. The Balaban J connectivity index is 1.63. The zero-order chi connectivity index (χ0) is 15.8. The Morgan fingerprint density at radius 2 is 2.22 bits per heavy atom.